The molecule has 0 radical (unpaired) electrons. The summed E-state index contributed by atoms with van der Waals surface area (Å²) in [4.78, 5) is 29.6. The van der Waals surface area contributed by atoms with Crippen LogP contribution in [-0.4, -0.2) is 53.6 Å². The number of aromatic nitrogens is 3. The summed E-state index contributed by atoms with van der Waals surface area (Å²) >= 11 is 8.04. The molecular weight excluding hydrogens is 574 g/mol. The maximum atomic E-state index is 12.7. The van der Waals surface area contributed by atoms with Crippen molar-refractivity contribution in [3.05, 3.63) is 82.2 Å². The summed E-state index contributed by atoms with van der Waals surface area (Å²) in [5.74, 6) is 1.10. The third-order valence-corrected chi connectivity index (χ3v) is 8.10. The van der Waals surface area contributed by atoms with Gasteiger partial charge in [0.05, 0.1) is 35.5 Å². The molecule has 1 amide bonds. The molecule has 4 aromatic rings. The molecule has 4 heterocycles. The standard InChI is InChI=1S/C27H26ClN5O5S2/c1-40(35,36)38-13-5-3-7-24(34)33-12-10-20-23(15-33)39-27-25(20)26(30-17-31-27)32-18-8-9-22(21(28)14-18)37-16-19-6-2-4-11-29-19/h2-4,6-9,11,14,17H,5,10,12-13,15-16H2,1H3,(H,30,31,32)/b7-3+. The average Bonchev–Trinajstić information content (AvgIpc) is 3.31. The Hall–Kier alpha value is -3.58. The van der Waals surface area contributed by atoms with Gasteiger partial charge in [-0.3, -0.25) is 14.0 Å². The molecule has 5 rings (SSSR count). The van der Waals surface area contributed by atoms with Crippen molar-refractivity contribution in [1.29, 1.82) is 0 Å². The lowest BCUT2D eigenvalue weighted by Gasteiger charge is -2.26. The van der Waals surface area contributed by atoms with Gasteiger partial charge in [0, 0.05) is 23.3 Å². The predicted molar refractivity (Wildman–Crippen MR) is 154 cm³/mol. The molecule has 0 saturated heterocycles. The van der Waals surface area contributed by atoms with Crippen LogP contribution >= 0.6 is 22.9 Å². The Labute approximate surface area is 240 Å². The number of amides is 1. The van der Waals surface area contributed by atoms with Crippen molar-refractivity contribution in [3.8, 4) is 5.75 Å². The zero-order chi connectivity index (χ0) is 28.1. The molecule has 1 aromatic carbocycles. The molecule has 13 heteroatoms. The largest absolute Gasteiger partial charge is 0.486 e. The van der Waals surface area contributed by atoms with E-state index in [0.29, 0.717) is 49.1 Å². The highest BCUT2D eigenvalue weighted by Crippen LogP contribution is 2.38. The van der Waals surface area contributed by atoms with E-state index in [1.165, 1.54) is 12.4 Å². The Bertz CT molecular complexity index is 1660. The number of thiophene rings is 1. The third-order valence-electron chi connectivity index (χ3n) is 6.09. The first-order chi connectivity index (χ1) is 19.3. The summed E-state index contributed by atoms with van der Waals surface area (Å²) in [6.07, 6.45) is 8.31. The number of halogens is 1. The van der Waals surface area contributed by atoms with E-state index < -0.39 is 10.1 Å². The highest BCUT2D eigenvalue weighted by molar-refractivity contribution is 7.85. The van der Waals surface area contributed by atoms with Gasteiger partial charge in [0.2, 0.25) is 5.91 Å². The van der Waals surface area contributed by atoms with Gasteiger partial charge in [-0.15, -0.1) is 11.3 Å². The molecule has 0 unspecified atom stereocenters. The minimum atomic E-state index is -3.49. The van der Waals surface area contributed by atoms with Gasteiger partial charge in [-0.05, 0) is 54.8 Å². The molecule has 0 aliphatic carbocycles. The number of carbonyl (C=O) groups excluding carboxylic acids is 1. The maximum absolute atomic E-state index is 12.7. The molecule has 0 saturated carbocycles. The number of nitrogens with one attached hydrogen (secondary N) is 1. The lowest BCUT2D eigenvalue weighted by atomic mass is 10.0. The second-order valence-corrected chi connectivity index (χ2v) is 12.1. The van der Waals surface area contributed by atoms with Crippen molar-refractivity contribution in [1.82, 2.24) is 19.9 Å². The van der Waals surface area contributed by atoms with E-state index in [-0.39, 0.29) is 12.5 Å². The van der Waals surface area contributed by atoms with Crippen molar-refractivity contribution < 1.29 is 22.1 Å². The zero-order valence-corrected chi connectivity index (χ0v) is 23.9. The molecule has 1 aliphatic heterocycles. The molecule has 1 aliphatic rings. The molecule has 3 aromatic heterocycles. The first kappa shape index (κ1) is 28.0. The summed E-state index contributed by atoms with van der Waals surface area (Å²) in [5, 5.41) is 4.77. The Morgan fingerprint density at radius 1 is 1.23 bits per heavy atom. The molecule has 1 N–H and O–H groups in total. The van der Waals surface area contributed by atoms with E-state index in [9.17, 15) is 13.2 Å². The van der Waals surface area contributed by atoms with Crippen molar-refractivity contribution in [2.75, 3.05) is 24.7 Å². The van der Waals surface area contributed by atoms with Gasteiger partial charge in [0.1, 0.15) is 29.3 Å². The van der Waals surface area contributed by atoms with Crippen LogP contribution in [0.5, 0.6) is 5.75 Å². The summed E-state index contributed by atoms with van der Waals surface area (Å²) in [6.45, 7) is 1.33. The maximum Gasteiger partial charge on any atom is 0.264 e. The number of benzene rings is 1. The number of nitrogens with zero attached hydrogens (tertiary/aromatic N) is 4. The Morgan fingerprint density at radius 2 is 2.10 bits per heavy atom. The van der Waals surface area contributed by atoms with E-state index in [0.717, 1.165) is 38.3 Å². The summed E-state index contributed by atoms with van der Waals surface area (Å²) in [7, 11) is -3.49. The van der Waals surface area contributed by atoms with Crippen LogP contribution in [0.25, 0.3) is 10.2 Å². The van der Waals surface area contributed by atoms with Crippen LogP contribution in [0.4, 0.5) is 11.5 Å². The molecular formula is C27H26ClN5O5S2. The van der Waals surface area contributed by atoms with E-state index in [2.05, 4.69) is 20.3 Å². The van der Waals surface area contributed by atoms with Gasteiger partial charge in [0.25, 0.3) is 10.1 Å². The number of pyridine rings is 1. The number of ether oxygens (including phenoxy) is 1. The van der Waals surface area contributed by atoms with Gasteiger partial charge >= 0.3 is 0 Å². The molecule has 0 bridgehead atoms. The molecule has 0 atom stereocenters. The first-order valence-electron chi connectivity index (χ1n) is 12.4. The molecule has 0 spiro atoms. The summed E-state index contributed by atoms with van der Waals surface area (Å²) < 4.78 is 32.6. The lowest BCUT2D eigenvalue weighted by Crippen LogP contribution is -2.34. The lowest BCUT2D eigenvalue weighted by molar-refractivity contribution is -0.126. The molecule has 208 valence electrons. The first-order valence-corrected chi connectivity index (χ1v) is 15.4. The SMILES string of the molecule is CS(=O)(=O)OCC/C=C/C(=O)N1CCc2c(sc3ncnc(Nc4ccc(OCc5ccccn5)c(Cl)c4)c23)C1. The van der Waals surface area contributed by atoms with Gasteiger partial charge in [-0.25, -0.2) is 9.97 Å². The Kier molecular flexibility index (Phi) is 8.60. The van der Waals surface area contributed by atoms with Crippen molar-refractivity contribution in [2.24, 2.45) is 0 Å². The van der Waals surface area contributed by atoms with Crippen LogP contribution in [0.15, 0.2) is 61.1 Å². The fourth-order valence-electron chi connectivity index (χ4n) is 4.24. The number of hydrogen-bond acceptors (Lipinski definition) is 10. The summed E-state index contributed by atoms with van der Waals surface area (Å²) in [6, 6.07) is 11.1. The number of carbonyl (C=O) groups is 1. The van der Waals surface area contributed by atoms with Gasteiger partial charge in [-0.2, -0.15) is 8.42 Å². The van der Waals surface area contributed by atoms with E-state index in [1.807, 2.05) is 24.3 Å². The normalized spacial score (nSPS) is 13.5. The van der Waals surface area contributed by atoms with Crippen LogP contribution in [0.1, 0.15) is 22.6 Å². The Morgan fingerprint density at radius 3 is 2.88 bits per heavy atom. The van der Waals surface area contributed by atoms with E-state index >= 15 is 0 Å². The molecule has 10 nitrogen and oxygen atoms in total. The second kappa shape index (κ2) is 12.3. The molecule has 0 fully saturated rings. The topological polar surface area (TPSA) is 124 Å². The minimum absolute atomic E-state index is 0.00362. The predicted octanol–water partition coefficient (Wildman–Crippen LogP) is 4.87. The van der Waals surface area contributed by atoms with E-state index in [1.54, 1.807) is 40.6 Å². The second-order valence-electron chi connectivity index (χ2n) is 9.01. The smallest absolute Gasteiger partial charge is 0.264 e. The summed E-state index contributed by atoms with van der Waals surface area (Å²) in [5.41, 5.74) is 2.69. The van der Waals surface area contributed by atoms with Crippen LogP contribution < -0.4 is 10.1 Å². The minimum Gasteiger partial charge on any atom is -0.486 e. The van der Waals surface area contributed by atoms with Crippen LogP contribution in [-0.2, 0) is 38.7 Å². The van der Waals surface area contributed by atoms with Crippen molar-refractivity contribution in [2.45, 2.75) is 26.0 Å². The van der Waals surface area contributed by atoms with Gasteiger partial charge in [-0.1, -0.05) is 23.7 Å². The highest BCUT2D eigenvalue weighted by Gasteiger charge is 2.25. The van der Waals surface area contributed by atoms with E-state index in [4.69, 9.17) is 20.5 Å². The van der Waals surface area contributed by atoms with Crippen LogP contribution in [0.3, 0.4) is 0 Å². The average molecular weight is 600 g/mol. The highest BCUT2D eigenvalue weighted by atomic mass is 35.5. The van der Waals surface area contributed by atoms with Crippen molar-refractivity contribution in [3.63, 3.8) is 0 Å². The van der Waals surface area contributed by atoms with Gasteiger partial charge < -0.3 is 15.0 Å². The monoisotopic (exact) mass is 599 g/mol. The van der Waals surface area contributed by atoms with Crippen LogP contribution in [0.2, 0.25) is 5.02 Å². The number of rotatable bonds is 10. The van der Waals surface area contributed by atoms with Gasteiger partial charge in [0.15, 0.2) is 0 Å². The van der Waals surface area contributed by atoms with Crippen LogP contribution in [0, 0.1) is 0 Å². The number of anilines is 2. The van der Waals surface area contributed by atoms with Crippen molar-refractivity contribution >= 4 is 60.7 Å². The fraction of sp³-hybridized carbons (Fsp3) is 0.259. The number of hydrogen-bond donors (Lipinski definition) is 1. The quantitative estimate of drug-likeness (QED) is 0.154. The number of fused-ring (bicyclic) bond motifs is 3. The molecule has 40 heavy (non-hydrogen) atoms. The fourth-order valence-corrected chi connectivity index (χ4v) is 6.07. The Balaban J connectivity index is 1.26. The third kappa shape index (κ3) is 6.94. The zero-order valence-electron chi connectivity index (χ0n) is 21.5.